The Labute approximate surface area is 74.7 Å². The summed E-state index contributed by atoms with van der Waals surface area (Å²) in [4.78, 5) is 4.22. The van der Waals surface area contributed by atoms with Gasteiger partial charge in [-0.15, -0.1) is 0 Å². The van der Waals surface area contributed by atoms with Crippen LogP contribution in [-0.2, 0) is 0 Å². The number of hydrogen-bond donors (Lipinski definition) is 2. The molecule has 0 fully saturated rings. The summed E-state index contributed by atoms with van der Waals surface area (Å²) in [6.07, 6.45) is 0.518. The van der Waals surface area contributed by atoms with E-state index in [1.54, 1.807) is 0 Å². The van der Waals surface area contributed by atoms with Gasteiger partial charge in [-0.2, -0.15) is 0 Å². The van der Waals surface area contributed by atoms with Crippen LogP contribution in [0.25, 0.3) is 0 Å². The monoisotopic (exact) mass is 172 g/mol. The van der Waals surface area contributed by atoms with Crippen molar-refractivity contribution in [2.24, 2.45) is 16.6 Å². The van der Waals surface area contributed by atoms with E-state index in [0.29, 0.717) is 19.0 Å². The molecule has 0 bridgehead atoms. The zero-order valence-electron chi connectivity index (χ0n) is 8.25. The summed E-state index contributed by atoms with van der Waals surface area (Å²) in [5.41, 5.74) is 6.34. The van der Waals surface area contributed by atoms with E-state index in [4.69, 9.17) is 10.8 Å². The van der Waals surface area contributed by atoms with E-state index in [0.717, 1.165) is 12.1 Å². The van der Waals surface area contributed by atoms with Crippen LogP contribution in [0.2, 0.25) is 0 Å². The predicted molar refractivity (Wildman–Crippen MR) is 52.5 cm³/mol. The minimum Gasteiger partial charge on any atom is -0.390 e. The van der Waals surface area contributed by atoms with Crippen molar-refractivity contribution in [3.8, 4) is 0 Å². The summed E-state index contributed by atoms with van der Waals surface area (Å²) in [5, 5.41) is 9.11. The summed E-state index contributed by atoms with van der Waals surface area (Å²) in [6.45, 7) is 7.02. The molecule has 3 N–H and O–H groups in total. The van der Waals surface area contributed by atoms with Gasteiger partial charge in [0, 0.05) is 12.3 Å². The first-order valence-corrected chi connectivity index (χ1v) is 4.44. The summed E-state index contributed by atoms with van der Waals surface area (Å²) in [7, 11) is 0. The highest BCUT2D eigenvalue weighted by molar-refractivity contribution is 5.82. The molecular formula is C9H20N2O. The molecule has 0 aromatic rings. The van der Waals surface area contributed by atoms with E-state index in [2.05, 4.69) is 18.8 Å². The third-order valence-corrected chi connectivity index (χ3v) is 1.55. The molecule has 1 atom stereocenters. The smallest absolute Gasteiger partial charge is 0.0857 e. The van der Waals surface area contributed by atoms with Gasteiger partial charge in [0.05, 0.1) is 12.6 Å². The average Bonchev–Trinajstić information content (AvgIpc) is 1.99. The van der Waals surface area contributed by atoms with Gasteiger partial charge in [-0.05, 0) is 19.3 Å². The molecule has 72 valence electrons. The molecule has 3 nitrogen and oxygen atoms in total. The van der Waals surface area contributed by atoms with Gasteiger partial charge < -0.3 is 10.8 Å². The predicted octanol–water partition coefficient (Wildman–Crippen LogP) is 0.813. The van der Waals surface area contributed by atoms with Crippen LogP contribution >= 0.6 is 0 Å². The molecule has 0 saturated carbocycles. The second-order valence-corrected chi connectivity index (χ2v) is 3.56. The second-order valence-electron chi connectivity index (χ2n) is 3.56. The van der Waals surface area contributed by atoms with E-state index < -0.39 is 6.10 Å². The molecule has 0 aromatic carbocycles. The Morgan fingerprint density at radius 2 is 2.08 bits per heavy atom. The Morgan fingerprint density at radius 1 is 1.50 bits per heavy atom. The lowest BCUT2D eigenvalue weighted by molar-refractivity contribution is 0.192. The Bertz CT molecular complexity index is 143. The Morgan fingerprint density at radius 3 is 2.50 bits per heavy atom. The summed E-state index contributed by atoms with van der Waals surface area (Å²) in [6, 6.07) is 0. The van der Waals surface area contributed by atoms with Gasteiger partial charge in [-0.25, -0.2) is 0 Å². The van der Waals surface area contributed by atoms with Crippen molar-refractivity contribution in [2.75, 3.05) is 13.1 Å². The number of rotatable bonds is 5. The van der Waals surface area contributed by atoms with Crippen molar-refractivity contribution in [3.05, 3.63) is 0 Å². The maximum absolute atomic E-state index is 9.11. The number of nitrogens with two attached hydrogens (primary N) is 1. The zero-order chi connectivity index (χ0) is 9.56. The number of aliphatic imine (C=N–C) groups is 1. The van der Waals surface area contributed by atoms with Crippen LogP contribution in [0.4, 0.5) is 0 Å². The molecule has 0 aliphatic carbocycles. The third-order valence-electron chi connectivity index (χ3n) is 1.55. The highest BCUT2D eigenvalue weighted by atomic mass is 16.3. The van der Waals surface area contributed by atoms with Crippen molar-refractivity contribution in [1.29, 1.82) is 0 Å². The van der Waals surface area contributed by atoms with E-state index in [1.165, 1.54) is 0 Å². The molecule has 0 radical (unpaired) electrons. The highest BCUT2D eigenvalue weighted by Crippen LogP contribution is 2.01. The summed E-state index contributed by atoms with van der Waals surface area (Å²) in [5.74, 6) is 0.628. The van der Waals surface area contributed by atoms with Gasteiger partial charge in [0.15, 0.2) is 0 Å². The second kappa shape index (κ2) is 6.14. The largest absolute Gasteiger partial charge is 0.390 e. The Hall–Kier alpha value is -0.410. The molecule has 0 aromatic heterocycles. The van der Waals surface area contributed by atoms with Crippen molar-refractivity contribution >= 4 is 5.71 Å². The van der Waals surface area contributed by atoms with Crippen molar-refractivity contribution in [2.45, 2.75) is 33.3 Å². The lowest BCUT2D eigenvalue weighted by atomic mass is 10.1. The van der Waals surface area contributed by atoms with Crippen LogP contribution in [0.15, 0.2) is 4.99 Å². The van der Waals surface area contributed by atoms with Gasteiger partial charge >= 0.3 is 0 Å². The molecule has 0 saturated heterocycles. The van der Waals surface area contributed by atoms with Crippen LogP contribution < -0.4 is 5.73 Å². The molecule has 0 spiro atoms. The van der Waals surface area contributed by atoms with Crippen molar-refractivity contribution in [1.82, 2.24) is 0 Å². The zero-order valence-corrected chi connectivity index (χ0v) is 8.25. The Balaban J connectivity index is 3.68. The van der Waals surface area contributed by atoms with Gasteiger partial charge in [-0.1, -0.05) is 13.8 Å². The van der Waals surface area contributed by atoms with Gasteiger partial charge in [-0.3, -0.25) is 4.99 Å². The van der Waals surface area contributed by atoms with Gasteiger partial charge in [0.2, 0.25) is 0 Å². The molecule has 0 heterocycles. The third kappa shape index (κ3) is 6.31. The number of aliphatic hydroxyl groups is 1. The number of hydrogen-bond acceptors (Lipinski definition) is 3. The van der Waals surface area contributed by atoms with Crippen LogP contribution in [0.1, 0.15) is 27.2 Å². The fraction of sp³-hybridized carbons (Fsp3) is 0.889. The number of aliphatic hydroxyl groups excluding tert-OH is 1. The van der Waals surface area contributed by atoms with Crippen LogP contribution in [0, 0.1) is 5.92 Å². The topological polar surface area (TPSA) is 58.6 Å². The molecule has 0 aliphatic heterocycles. The standard InChI is InChI=1S/C9H20N2O/c1-7(2)4-8(3)11-6-9(12)5-10/h7,9,12H,4-6,10H2,1-3H3. The van der Waals surface area contributed by atoms with Crippen LogP contribution in [-0.4, -0.2) is 30.0 Å². The molecular weight excluding hydrogens is 152 g/mol. The highest BCUT2D eigenvalue weighted by Gasteiger charge is 2.00. The number of nitrogens with zero attached hydrogens (tertiary/aromatic N) is 1. The van der Waals surface area contributed by atoms with Crippen LogP contribution in [0.3, 0.4) is 0 Å². The molecule has 12 heavy (non-hydrogen) atoms. The van der Waals surface area contributed by atoms with E-state index in [-0.39, 0.29) is 0 Å². The lowest BCUT2D eigenvalue weighted by Crippen LogP contribution is -2.23. The normalized spacial score (nSPS) is 15.3. The summed E-state index contributed by atoms with van der Waals surface area (Å²) >= 11 is 0. The van der Waals surface area contributed by atoms with Crippen molar-refractivity contribution in [3.63, 3.8) is 0 Å². The van der Waals surface area contributed by atoms with E-state index in [9.17, 15) is 0 Å². The fourth-order valence-corrected chi connectivity index (χ4v) is 0.991. The molecule has 0 aliphatic rings. The fourth-order valence-electron chi connectivity index (χ4n) is 0.991. The lowest BCUT2D eigenvalue weighted by Gasteiger charge is -2.06. The molecule has 3 heteroatoms. The van der Waals surface area contributed by atoms with E-state index in [1.807, 2.05) is 6.92 Å². The summed E-state index contributed by atoms with van der Waals surface area (Å²) < 4.78 is 0. The molecule has 1 unspecified atom stereocenters. The minimum absolute atomic E-state index is 0.290. The maximum atomic E-state index is 9.11. The van der Waals surface area contributed by atoms with Crippen molar-refractivity contribution < 1.29 is 5.11 Å². The first-order chi connectivity index (χ1) is 5.56. The van der Waals surface area contributed by atoms with Crippen LogP contribution in [0.5, 0.6) is 0 Å². The Kier molecular flexibility index (Phi) is 5.93. The molecule has 0 rings (SSSR count). The van der Waals surface area contributed by atoms with Gasteiger partial charge in [0.1, 0.15) is 0 Å². The maximum Gasteiger partial charge on any atom is 0.0857 e. The SMILES string of the molecule is CC(CC(C)C)=NCC(O)CN. The quantitative estimate of drug-likeness (QED) is 0.603. The molecule has 0 amide bonds. The minimum atomic E-state index is -0.480. The van der Waals surface area contributed by atoms with E-state index >= 15 is 0 Å². The first kappa shape index (κ1) is 11.6. The van der Waals surface area contributed by atoms with Gasteiger partial charge in [0.25, 0.3) is 0 Å². The first-order valence-electron chi connectivity index (χ1n) is 4.44. The average molecular weight is 172 g/mol.